The topological polar surface area (TPSA) is 74.6 Å². The molecule has 2 aromatic carbocycles. The van der Waals surface area contributed by atoms with Gasteiger partial charge in [0.05, 0.1) is 11.5 Å². The molecular formula is C18H19ClO4S. The van der Waals surface area contributed by atoms with E-state index in [1.54, 1.807) is 24.3 Å². The summed E-state index contributed by atoms with van der Waals surface area (Å²) in [6.07, 6.45) is 1.48. The number of hydrogen-bond acceptors (Lipinski definition) is 4. The van der Waals surface area contributed by atoms with E-state index in [-0.39, 0.29) is 18.1 Å². The number of halogens is 1. The van der Waals surface area contributed by atoms with Crippen molar-refractivity contribution < 1.29 is 18.6 Å². The molecule has 0 saturated carbocycles. The molecule has 0 aliphatic heterocycles. The lowest BCUT2D eigenvalue weighted by Crippen LogP contribution is -2.02. The van der Waals surface area contributed by atoms with E-state index >= 15 is 0 Å². The lowest BCUT2D eigenvalue weighted by atomic mass is 9.92. The highest BCUT2D eigenvalue weighted by atomic mass is 35.5. The van der Waals surface area contributed by atoms with Gasteiger partial charge in [0, 0.05) is 17.9 Å². The van der Waals surface area contributed by atoms with Crippen LogP contribution >= 0.6 is 11.6 Å². The second kappa shape index (κ2) is 7.94. The van der Waals surface area contributed by atoms with Crippen molar-refractivity contribution >= 4 is 27.0 Å². The van der Waals surface area contributed by atoms with E-state index in [2.05, 4.69) is 0 Å². The lowest BCUT2D eigenvalue weighted by Gasteiger charge is -2.15. The molecule has 6 heteroatoms. The van der Waals surface area contributed by atoms with Crippen LogP contribution in [0.25, 0.3) is 5.57 Å². The highest BCUT2D eigenvalue weighted by molar-refractivity contribution is 7.90. The average molecular weight is 367 g/mol. The van der Waals surface area contributed by atoms with E-state index in [0.717, 1.165) is 23.0 Å². The third-order valence-corrected chi connectivity index (χ3v) is 5.04. The second-order valence-corrected chi connectivity index (χ2v) is 7.87. The first-order valence-electron chi connectivity index (χ1n) is 7.37. The summed E-state index contributed by atoms with van der Waals surface area (Å²) in [7, 11) is -3.27. The monoisotopic (exact) mass is 366 g/mol. The number of aliphatic hydroxyl groups is 2. The van der Waals surface area contributed by atoms with Crippen molar-refractivity contribution in [2.24, 2.45) is 0 Å². The Morgan fingerprint density at radius 1 is 0.958 bits per heavy atom. The smallest absolute Gasteiger partial charge is 0.175 e. The third kappa shape index (κ3) is 4.45. The fourth-order valence-corrected chi connectivity index (χ4v) is 3.23. The Morgan fingerprint density at radius 2 is 1.46 bits per heavy atom. The van der Waals surface area contributed by atoms with Crippen molar-refractivity contribution in [1.82, 2.24) is 0 Å². The van der Waals surface area contributed by atoms with Crippen LogP contribution in [0.5, 0.6) is 0 Å². The SMILES string of the molecule is CS(=O)(=O)c1ccc(C(=C(CO)CCO)c2ccc(Cl)cc2)cc1. The molecule has 0 saturated heterocycles. The first-order chi connectivity index (χ1) is 11.4. The predicted molar refractivity (Wildman–Crippen MR) is 95.8 cm³/mol. The Bertz CT molecular complexity index is 822. The summed E-state index contributed by atoms with van der Waals surface area (Å²) in [4.78, 5) is 0.231. The minimum Gasteiger partial charge on any atom is -0.396 e. The summed E-state index contributed by atoms with van der Waals surface area (Å²) < 4.78 is 23.2. The molecule has 0 atom stereocenters. The van der Waals surface area contributed by atoms with Crippen molar-refractivity contribution in [3.05, 3.63) is 70.3 Å². The molecule has 0 aliphatic carbocycles. The van der Waals surface area contributed by atoms with Gasteiger partial charge in [0.15, 0.2) is 9.84 Å². The zero-order valence-corrected chi connectivity index (χ0v) is 14.8. The standard InChI is InChI=1S/C18H19ClO4S/c1-24(22,23)17-8-4-14(5-9-17)18(15(12-21)10-11-20)13-2-6-16(19)7-3-13/h2-9,20-21H,10-12H2,1H3. The van der Waals surface area contributed by atoms with Crippen LogP contribution in [0.15, 0.2) is 59.0 Å². The van der Waals surface area contributed by atoms with Gasteiger partial charge in [-0.25, -0.2) is 8.42 Å². The molecule has 0 unspecified atom stereocenters. The van der Waals surface area contributed by atoms with E-state index in [9.17, 15) is 18.6 Å². The van der Waals surface area contributed by atoms with E-state index in [4.69, 9.17) is 11.6 Å². The van der Waals surface area contributed by atoms with Crippen LogP contribution < -0.4 is 0 Å². The van der Waals surface area contributed by atoms with Gasteiger partial charge in [-0.1, -0.05) is 35.9 Å². The van der Waals surface area contributed by atoms with Gasteiger partial charge in [-0.15, -0.1) is 0 Å². The Hall–Kier alpha value is -1.66. The van der Waals surface area contributed by atoms with Crippen LogP contribution in [0, 0.1) is 0 Å². The fraction of sp³-hybridized carbons (Fsp3) is 0.222. The molecule has 2 N–H and O–H groups in total. The molecular weight excluding hydrogens is 348 g/mol. The number of rotatable bonds is 6. The molecule has 0 aliphatic rings. The molecule has 2 aromatic rings. The second-order valence-electron chi connectivity index (χ2n) is 5.41. The van der Waals surface area contributed by atoms with Gasteiger partial charge >= 0.3 is 0 Å². The average Bonchev–Trinajstić information content (AvgIpc) is 2.55. The van der Waals surface area contributed by atoms with Crippen LogP contribution in [-0.2, 0) is 9.84 Å². The summed E-state index contributed by atoms with van der Waals surface area (Å²) in [5.74, 6) is 0. The number of hydrogen-bond donors (Lipinski definition) is 2. The van der Waals surface area contributed by atoms with Gasteiger partial charge in [-0.3, -0.25) is 0 Å². The zero-order chi connectivity index (χ0) is 17.7. The minimum absolute atomic E-state index is 0.0889. The molecule has 2 rings (SSSR count). The molecule has 128 valence electrons. The van der Waals surface area contributed by atoms with E-state index < -0.39 is 9.84 Å². The quantitative estimate of drug-likeness (QED) is 0.824. The Morgan fingerprint density at radius 3 is 1.88 bits per heavy atom. The normalized spacial score (nSPS) is 12.8. The van der Waals surface area contributed by atoms with Gasteiger partial charge in [0.1, 0.15) is 0 Å². The maximum Gasteiger partial charge on any atom is 0.175 e. The van der Waals surface area contributed by atoms with Crippen LogP contribution in [0.4, 0.5) is 0 Å². The number of aliphatic hydroxyl groups excluding tert-OH is 2. The molecule has 0 bridgehead atoms. The lowest BCUT2D eigenvalue weighted by molar-refractivity contribution is 0.279. The Balaban J connectivity index is 2.60. The van der Waals surface area contributed by atoms with E-state index in [1.165, 1.54) is 12.1 Å². The largest absolute Gasteiger partial charge is 0.396 e. The van der Waals surface area contributed by atoms with Crippen molar-refractivity contribution in [2.45, 2.75) is 11.3 Å². The summed E-state index contributed by atoms with van der Waals surface area (Å²) in [5.41, 5.74) is 3.04. The summed E-state index contributed by atoms with van der Waals surface area (Å²) >= 11 is 5.94. The molecule has 0 radical (unpaired) electrons. The molecule has 0 spiro atoms. The van der Waals surface area contributed by atoms with Gasteiger partial charge in [-0.05, 0) is 53.0 Å². The zero-order valence-electron chi connectivity index (χ0n) is 13.2. The highest BCUT2D eigenvalue weighted by Crippen LogP contribution is 2.30. The van der Waals surface area contributed by atoms with Crippen LogP contribution in [0.3, 0.4) is 0 Å². The fourth-order valence-electron chi connectivity index (χ4n) is 2.48. The Labute approximate surface area is 147 Å². The van der Waals surface area contributed by atoms with Crippen molar-refractivity contribution in [3.8, 4) is 0 Å². The summed E-state index contributed by atoms with van der Waals surface area (Å²) in [6.45, 7) is -0.291. The molecule has 0 aromatic heterocycles. The molecule has 4 nitrogen and oxygen atoms in total. The van der Waals surface area contributed by atoms with Crippen LogP contribution in [0.2, 0.25) is 5.02 Å². The summed E-state index contributed by atoms with van der Waals surface area (Å²) in [6, 6.07) is 13.6. The van der Waals surface area contributed by atoms with E-state index in [0.29, 0.717) is 17.0 Å². The molecule has 0 fully saturated rings. The maximum absolute atomic E-state index is 11.6. The first kappa shape index (κ1) is 18.7. The molecule has 24 heavy (non-hydrogen) atoms. The van der Waals surface area contributed by atoms with Gasteiger partial charge < -0.3 is 10.2 Å². The van der Waals surface area contributed by atoms with Crippen molar-refractivity contribution in [2.75, 3.05) is 19.5 Å². The third-order valence-electron chi connectivity index (χ3n) is 3.66. The van der Waals surface area contributed by atoms with Gasteiger partial charge in [0.2, 0.25) is 0 Å². The maximum atomic E-state index is 11.6. The van der Waals surface area contributed by atoms with E-state index in [1.807, 2.05) is 12.1 Å². The van der Waals surface area contributed by atoms with Crippen molar-refractivity contribution in [1.29, 1.82) is 0 Å². The number of sulfone groups is 1. The minimum atomic E-state index is -3.27. The highest BCUT2D eigenvalue weighted by Gasteiger charge is 2.13. The predicted octanol–water partition coefficient (Wildman–Crippen LogP) is 2.92. The first-order valence-corrected chi connectivity index (χ1v) is 9.64. The summed E-state index contributed by atoms with van der Waals surface area (Å²) in [5, 5.41) is 19.6. The van der Waals surface area contributed by atoms with Crippen LogP contribution in [-0.4, -0.2) is 38.1 Å². The molecule has 0 heterocycles. The van der Waals surface area contributed by atoms with Gasteiger partial charge in [-0.2, -0.15) is 0 Å². The van der Waals surface area contributed by atoms with Crippen LogP contribution in [0.1, 0.15) is 17.5 Å². The number of benzene rings is 2. The molecule has 0 amide bonds. The van der Waals surface area contributed by atoms with Gasteiger partial charge in [0.25, 0.3) is 0 Å². The van der Waals surface area contributed by atoms with Crippen molar-refractivity contribution in [3.63, 3.8) is 0 Å². The Kier molecular flexibility index (Phi) is 6.18.